The Balaban J connectivity index is 2.42. The zero-order valence-corrected chi connectivity index (χ0v) is 13.2. The van der Waals surface area contributed by atoms with E-state index in [4.69, 9.17) is 4.74 Å². The third-order valence-corrected chi connectivity index (χ3v) is 4.40. The third kappa shape index (κ3) is 4.72. The number of carbonyl (C=O) groups is 1. The number of carboxylic acids is 1. The van der Waals surface area contributed by atoms with Gasteiger partial charge in [-0.2, -0.15) is 0 Å². The summed E-state index contributed by atoms with van der Waals surface area (Å²) in [6.07, 6.45) is 4.86. The van der Waals surface area contributed by atoms with Gasteiger partial charge in [0.05, 0.1) is 6.10 Å². The fourth-order valence-electron chi connectivity index (χ4n) is 3.08. The summed E-state index contributed by atoms with van der Waals surface area (Å²) < 4.78 is 5.42. The Kier molecular flexibility index (Phi) is 7.48. The van der Waals surface area contributed by atoms with Crippen molar-refractivity contribution in [2.75, 3.05) is 33.3 Å². The van der Waals surface area contributed by atoms with E-state index in [-0.39, 0.29) is 0 Å². The summed E-state index contributed by atoms with van der Waals surface area (Å²) in [5.41, 5.74) is -0.759. The van der Waals surface area contributed by atoms with Gasteiger partial charge in [0.15, 0.2) is 0 Å². The molecule has 2 atom stereocenters. The zero-order chi connectivity index (χ0) is 15.0. The van der Waals surface area contributed by atoms with Crippen molar-refractivity contribution in [3.8, 4) is 0 Å². The van der Waals surface area contributed by atoms with E-state index >= 15 is 0 Å². The lowest BCUT2D eigenvalue weighted by Gasteiger charge is -2.34. The summed E-state index contributed by atoms with van der Waals surface area (Å²) >= 11 is 0. The van der Waals surface area contributed by atoms with E-state index in [0.717, 1.165) is 32.5 Å². The molecule has 0 saturated carbocycles. The van der Waals surface area contributed by atoms with Gasteiger partial charge in [-0.1, -0.05) is 13.8 Å². The third-order valence-electron chi connectivity index (χ3n) is 4.40. The van der Waals surface area contributed by atoms with E-state index in [1.54, 1.807) is 7.11 Å². The van der Waals surface area contributed by atoms with Gasteiger partial charge in [0.1, 0.15) is 5.54 Å². The summed E-state index contributed by atoms with van der Waals surface area (Å²) in [6.45, 7) is 7.63. The maximum absolute atomic E-state index is 11.5. The molecule has 2 N–H and O–H groups in total. The lowest BCUT2D eigenvalue weighted by Crippen LogP contribution is -2.52. The second-order valence-electron chi connectivity index (χ2n) is 5.68. The highest BCUT2D eigenvalue weighted by atomic mass is 16.5. The van der Waals surface area contributed by atoms with E-state index in [9.17, 15) is 9.90 Å². The summed E-state index contributed by atoms with van der Waals surface area (Å²) in [7, 11) is 1.77. The molecule has 0 amide bonds. The second-order valence-corrected chi connectivity index (χ2v) is 5.68. The quantitative estimate of drug-likeness (QED) is 0.676. The SMILES string of the molecule is CCNC(CC)(CCCN1CCCC(OC)C1)C(=O)O. The Bertz CT molecular complexity index is 299. The fraction of sp³-hybridized carbons (Fsp3) is 0.933. The number of likely N-dealkylation sites (tertiary alicyclic amines) is 1. The van der Waals surface area contributed by atoms with Crippen molar-refractivity contribution in [1.82, 2.24) is 10.2 Å². The normalized spacial score (nSPS) is 23.4. The average Bonchev–Trinajstić information content (AvgIpc) is 2.46. The highest BCUT2D eigenvalue weighted by Crippen LogP contribution is 2.20. The Hall–Kier alpha value is -0.650. The van der Waals surface area contributed by atoms with Crippen LogP contribution >= 0.6 is 0 Å². The minimum atomic E-state index is -0.759. The first-order valence-electron chi connectivity index (χ1n) is 7.81. The van der Waals surface area contributed by atoms with Crippen LogP contribution in [-0.2, 0) is 9.53 Å². The predicted octanol–water partition coefficient (Wildman–Crippen LogP) is 1.72. The van der Waals surface area contributed by atoms with Crippen molar-refractivity contribution in [1.29, 1.82) is 0 Å². The van der Waals surface area contributed by atoms with Gasteiger partial charge in [0.2, 0.25) is 0 Å². The number of nitrogens with one attached hydrogen (secondary N) is 1. The van der Waals surface area contributed by atoms with Crippen LogP contribution in [0.5, 0.6) is 0 Å². The van der Waals surface area contributed by atoms with Crippen LogP contribution in [-0.4, -0.2) is 60.9 Å². The van der Waals surface area contributed by atoms with E-state index in [1.165, 1.54) is 6.42 Å². The molecule has 0 aromatic rings. The van der Waals surface area contributed by atoms with Crippen molar-refractivity contribution < 1.29 is 14.6 Å². The van der Waals surface area contributed by atoms with Gasteiger partial charge in [-0.15, -0.1) is 0 Å². The number of carboxylic acid groups (broad SMARTS) is 1. The van der Waals surface area contributed by atoms with Gasteiger partial charge in [-0.25, -0.2) is 0 Å². The molecule has 1 rings (SSSR count). The number of piperidine rings is 1. The number of methoxy groups -OCH3 is 1. The second kappa shape index (κ2) is 8.60. The summed E-state index contributed by atoms with van der Waals surface area (Å²) in [5, 5.41) is 12.6. The molecule has 1 heterocycles. The lowest BCUT2D eigenvalue weighted by molar-refractivity contribution is -0.145. The van der Waals surface area contributed by atoms with Gasteiger partial charge in [-0.3, -0.25) is 4.79 Å². The first-order valence-corrected chi connectivity index (χ1v) is 7.81. The molecule has 1 saturated heterocycles. The van der Waals surface area contributed by atoms with E-state index < -0.39 is 11.5 Å². The smallest absolute Gasteiger partial charge is 0.323 e. The van der Waals surface area contributed by atoms with Crippen LogP contribution in [0.3, 0.4) is 0 Å². The molecular weight excluding hydrogens is 256 g/mol. The van der Waals surface area contributed by atoms with Crippen LogP contribution in [0.15, 0.2) is 0 Å². The maximum Gasteiger partial charge on any atom is 0.323 e. The first kappa shape index (κ1) is 17.4. The van der Waals surface area contributed by atoms with Crippen molar-refractivity contribution in [3.63, 3.8) is 0 Å². The van der Waals surface area contributed by atoms with Gasteiger partial charge >= 0.3 is 5.97 Å². The Morgan fingerprint density at radius 1 is 1.50 bits per heavy atom. The summed E-state index contributed by atoms with van der Waals surface area (Å²) in [6, 6.07) is 0. The molecule has 0 aromatic carbocycles. The number of ether oxygens (including phenoxy) is 1. The molecule has 1 fully saturated rings. The molecule has 5 nitrogen and oxygen atoms in total. The highest BCUT2D eigenvalue weighted by molar-refractivity contribution is 5.78. The topological polar surface area (TPSA) is 61.8 Å². The summed E-state index contributed by atoms with van der Waals surface area (Å²) in [5.74, 6) is -0.727. The maximum atomic E-state index is 11.5. The molecular formula is C15H30N2O3. The Morgan fingerprint density at radius 3 is 2.80 bits per heavy atom. The van der Waals surface area contributed by atoms with Crippen LogP contribution < -0.4 is 5.32 Å². The van der Waals surface area contributed by atoms with Crippen molar-refractivity contribution in [3.05, 3.63) is 0 Å². The molecule has 1 aliphatic rings. The number of rotatable bonds is 9. The lowest BCUT2D eigenvalue weighted by atomic mass is 9.90. The van der Waals surface area contributed by atoms with E-state index in [1.807, 2.05) is 13.8 Å². The minimum absolute atomic E-state index is 0.341. The number of aliphatic carboxylic acids is 1. The van der Waals surface area contributed by atoms with Gasteiger partial charge < -0.3 is 20.1 Å². The van der Waals surface area contributed by atoms with Gasteiger partial charge in [0, 0.05) is 13.7 Å². The fourth-order valence-corrected chi connectivity index (χ4v) is 3.08. The van der Waals surface area contributed by atoms with Crippen LogP contribution in [0.2, 0.25) is 0 Å². The largest absolute Gasteiger partial charge is 0.480 e. The van der Waals surface area contributed by atoms with Crippen molar-refractivity contribution in [2.45, 2.75) is 57.6 Å². The first-order chi connectivity index (χ1) is 9.57. The van der Waals surface area contributed by atoms with Crippen LogP contribution in [0, 0.1) is 0 Å². The van der Waals surface area contributed by atoms with Gasteiger partial charge in [0.25, 0.3) is 0 Å². The Morgan fingerprint density at radius 2 is 2.25 bits per heavy atom. The molecule has 0 aliphatic carbocycles. The zero-order valence-electron chi connectivity index (χ0n) is 13.2. The molecule has 0 aromatic heterocycles. The highest BCUT2D eigenvalue weighted by Gasteiger charge is 2.35. The Labute approximate surface area is 122 Å². The number of hydrogen-bond donors (Lipinski definition) is 2. The number of nitrogens with zero attached hydrogens (tertiary/aromatic N) is 1. The van der Waals surface area contributed by atoms with Crippen molar-refractivity contribution >= 4 is 5.97 Å². The molecule has 118 valence electrons. The van der Waals surface area contributed by atoms with Crippen LogP contribution in [0.25, 0.3) is 0 Å². The minimum Gasteiger partial charge on any atom is -0.480 e. The molecule has 2 unspecified atom stereocenters. The van der Waals surface area contributed by atoms with E-state index in [2.05, 4.69) is 10.2 Å². The monoisotopic (exact) mass is 286 g/mol. The molecule has 20 heavy (non-hydrogen) atoms. The van der Waals surface area contributed by atoms with Crippen molar-refractivity contribution in [2.24, 2.45) is 0 Å². The molecule has 5 heteroatoms. The predicted molar refractivity (Wildman–Crippen MR) is 80.0 cm³/mol. The average molecular weight is 286 g/mol. The number of hydrogen-bond acceptors (Lipinski definition) is 4. The molecule has 0 radical (unpaired) electrons. The summed E-state index contributed by atoms with van der Waals surface area (Å²) in [4.78, 5) is 13.9. The molecule has 0 spiro atoms. The standard InChI is InChI=1S/C15H30N2O3/c1-4-15(14(18)19,16-5-2)9-7-11-17-10-6-8-13(12-17)20-3/h13,16H,4-12H2,1-3H3,(H,18,19). The molecule has 0 bridgehead atoms. The van der Waals surface area contributed by atoms with E-state index in [0.29, 0.717) is 25.5 Å². The van der Waals surface area contributed by atoms with Crippen LogP contribution in [0.1, 0.15) is 46.0 Å². The van der Waals surface area contributed by atoms with Crippen LogP contribution in [0.4, 0.5) is 0 Å². The van der Waals surface area contributed by atoms with Gasteiger partial charge in [-0.05, 0) is 51.7 Å². The number of likely N-dealkylation sites (N-methyl/N-ethyl adjacent to an activating group) is 1. The molecule has 1 aliphatic heterocycles.